The molecule has 0 bridgehead atoms. The van der Waals surface area contributed by atoms with Crippen LogP contribution < -0.4 is 4.72 Å². The summed E-state index contributed by atoms with van der Waals surface area (Å²) in [5, 5.41) is 8.51. The van der Waals surface area contributed by atoms with Crippen LogP contribution in [-0.2, 0) is 10.0 Å². The molecule has 1 rings (SSSR count). The van der Waals surface area contributed by atoms with Crippen LogP contribution in [0.5, 0.6) is 0 Å². The van der Waals surface area contributed by atoms with Crippen molar-refractivity contribution in [2.75, 3.05) is 0 Å². The molecule has 1 aromatic heterocycles. The van der Waals surface area contributed by atoms with Gasteiger partial charge in [0, 0.05) is 6.04 Å². The fourth-order valence-corrected chi connectivity index (χ4v) is 3.45. The molecule has 0 saturated carbocycles. The lowest BCUT2D eigenvalue weighted by molar-refractivity contribution is 0.276. The first-order valence-electron chi connectivity index (χ1n) is 7.23. The Kier molecular flexibility index (Phi) is 5.99. The molecule has 6 heteroatoms. The summed E-state index contributed by atoms with van der Waals surface area (Å²) in [6.45, 7) is 8.14. The van der Waals surface area contributed by atoms with E-state index in [4.69, 9.17) is 9.68 Å². The molecule has 0 aliphatic rings. The Morgan fingerprint density at radius 1 is 1.33 bits per heavy atom. The largest absolute Gasteiger partial charge is 0.433 e. The van der Waals surface area contributed by atoms with Crippen molar-refractivity contribution >= 4 is 10.0 Å². The summed E-state index contributed by atoms with van der Waals surface area (Å²) < 4.78 is 32.4. The third-order valence-electron chi connectivity index (χ3n) is 3.40. The van der Waals surface area contributed by atoms with Gasteiger partial charge in [0.15, 0.2) is 0 Å². The summed E-state index contributed by atoms with van der Waals surface area (Å²) >= 11 is 0. The highest BCUT2D eigenvalue weighted by atomic mass is 32.2. The minimum absolute atomic E-state index is 0.00586. The number of nitriles is 1. The van der Waals surface area contributed by atoms with Gasteiger partial charge in [0.1, 0.15) is 6.07 Å². The van der Waals surface area contributed by atoms with Crippen molar-refractivity contribution < 1.29 is 12.8 Å². The van der Waals surface area contributed by atoms with Crippen molar-refractivity contribution in [3.63, 3.8) is 0 Å². The number of sulfonamides is 1. The fourth-order valence-electron chi connectivity index (χ4n) is 2.04. The second-order valence-corrected chi connectivity index (χ2v) is 7.91. The molecule has 0 aliphatic carbocycles. The quantitative estimate of drug-likeness (QED) is 0.782. The zero-order chi connectivity index (χ0) is 16.1. The molecule has 0 amide bonds. The molecular formula is C15H24N2O3S. The summed E-state index contributed by atoms with van der Waals surface area (Å²) in [6.07, 6.45) is 3.92. The summed E-state index contributed by atoms with van der Waals surface area (Å²) in [6, 6.07) is 4.28. The number of rotatable bonds is 7. The van der Waals surface area contributed by atoms with Crippen LogP contribution in [-0.4, -0.2) is 14.5 Å². The van der Waals surface area contributed by atoms with Crippen LogP contribution in [0.15, 0.2) is 21.6 Å². The molecule has 0 fully saturated rings. The molecule has 0 aliphatic heterocycles. The third-order valence-corrected chi connectivity index (χ3v) is 4.74. The lowest BCUT2D eigenvalue weighted by Crippen LogP contribution is -2.43. The van der Waals surface area contributed by atoms with Gasteiger partial charge < -0.3 is 4.42 Å². The van der Waals surface area contributed by atoms with E-state index >= 15 is 0 Å². The maximum absolute atomic E-state index is 12.3. The van der Waals surface area contributed by atoms with Crippen molar-refractivity contribution in [2.45, 2.75) is 64.5 Å². The Bertz CT molecular complexity index is 591. The lowest BCUT2D eigenvalue weighted by atomic mass is 9.84. The smallest absolute Gasteiger partial charge is 0.274 e. The van der Waals surface area contributed by atoms with Gasteiger partial charge in [-0.3, -0.25) is 0 Å². The minimum atomic E-state index is -3.74. The van der Waals surface area contributed by atoms with Crippen molar-refractivity contribution in [2.24, 2.45) is 5.41 Å². The van der Waals surface area contributed by atoms with Crippen LogP contribution in [0.3, 0.4) is 0 Å². The third kappa shape index (κ3) is 5.18. The highest BCUT2D eigenvalue weighted by molar-refractivity contribution is 7.89. The second kappa shape index (κ2) is 7.10. The van der Waals surface area contributed by atoms with Crippen molar-refractivity contribution in [3.05, 3.63) is 17.9 Å². The molecule has 1 unspecified atom stereocenters. The topological polar surface area (TPSA) is 83.1 Å². The normalized spacial score (nSPS) is 13.9. The van der Waals surface area contributed by atoms with Crippen molar-refractivity contribution in [1.82, 2.24) is 4.72 Å². The Morgan fingerprint density at radius 2 is 2.00 bits per heavy atom. The van der Waals surface area contributed by atoms with E-state index in [1.807, 2.05) is 20.8 Å². The number of nitrogens with one attached hydrogen (secondary N) is 1. The first kappa shape index (κ1) is 17.7. The van der Waals surface area contributed by atoms with E-state index in [1.165, 1.54) is 12.1 Å². The number of hydrogen-bond donors (Lipinski definition) is 1. The Morgan fingerprint density at radius 3 is 2.48 bits per heavy atom. The van der Waals surface area contributed by atoms with Gasteiger partial charge in [-0.2, -0.15) is 5.26 Å². The van der Waals surface area contributed by atoms with Gasteiger partial charge in [0.05, 0.1) is 0 Å². The number of nitrogens with zero attached hydrogens (tertiary/aromatic N) is 1. The van der Waals surface area contributed by atoms with E-state index in [0.29, 0.717) is 0 Å². The molecule has 1 atom stereocenters. The van der Waals surface area contributed by atoms with Gasteiger partial charge in [-0.1, -0.05) is 47.0 Å². The number of unbranched alkanes of at least 4 members (excludes halogenated alkanes) is 2. The molecule has 0 spiro atoms. The van der Waals surface area contributed by atoms with Gasteiger partial charge in [-0.15, -0.1) is 0 Å². The molecule has 5 nitrogen and oxygen atoms in total. The molecule has 0 radical (unpaired) electrons. The van der Waals surface area contributed by atoms with E-state index in [0.717, 1.165) is 25.7 Å². The van der Waals surface area contributed by atoms with Crippen LogP contribution in [0.25, 0.3) is 0 Å². The summed E-state index contributed by atoms with van der Waals surface area (Å²) in [5.74, 6) is -0.00586. The van der Waals surface area contributed by atoms with Gasteiger partial charge in [-0.25, -0.2) is 13.1 Å². The molecule has 1 N–H and O–H groups in total. The van der Waals surface area contributed by atoms with Gasteiger partial charge in [0.25, 0.3) is 10.0 Å². The summed E-state index contributed by atoms with van der Waals surface area (Å²) in [5.41, 5.74) is -0.189. The van der Waals surface area contributed by atoms with Crippen LogP contribution >= 0.6 is 0 Å². The lowest BCUT2D eigenvalue weighted by Gasteiger charge is -2.31. The summed E-state index contributed by atoms with van der Waals surface area (Å²) in [4.78, 5) is 0. The van der Waals surface area contributed by atoms with Gasteiger partial charge in [-0.05, 0) is 24.0 Å². The first-order valence-corrected chi connectivity index (χ1v) is 8.71. The van der Waals surface area contributed by atoms with E-state index < -0.39 is 10.0 Å². The van der Waals surface area contributed by atoms with Crippen LogP contribution in [0.4, 0.5) is 0 Å². The van der Waals surface area contributed by atoms with Crippen LogP contribution in [0.1, 0.15) is 59.1 Å². The van der Waals surface area contributed by atoms with E-state index in [-0.39, 0.29) is 22.3 Å². The maximum Gasteiger partial charge on any atom is 0.274 e. The minimum Gasteiger partial charge on any atom is -0.433 e. The Labute approximate surface area is 127 Å². The first-order chi connectivity index (χ1) is 9.70. The summed E-state index contributed by atoms with van der Waals surface area (Å²) in [7, 11) is -3.74. The van der Waals surface area contributed by atoms with Gasteiger partial charge >= 0.3 is 0 Å². The average Bonchev–Trinajstić information content (AvgIpc) is 2.86. The van der Waals surface area contributed by atoms with E-state index in [9.17, 15) is 8.42 Å². The molecule has 1 heterocycles. The standard InChI is InChI=1S/C15H24N2O3S/c1-5-6-7-8-13(15(2,3)4)17-21(18,19)14-10-9-12(11-16)20-14/h9-10,13,17H,5-8H2,1-4H3. The van der Waals surface area contributed by atoms with Crippen LogP contribution in [0.2, 0.25) is 0 Å². The average molecular weight is 312 g/mol. The predicted octanol–water partition coefficient (Wildman–Crippen LogP) is 3.42. The predicted molar refractivity (Wildman–Crippen MR) is 81.1 cm³/mol. The molecular weight excluding hydrogens is 288 g/mol. The zero-order valence-corrected chi connectivity index (χ0v) is 14.0. The Hall–Kier alpha value is -1.32. The molecule has 0 aromatic carbocycles. The van der Waals surface area contributed by atoms with Gasteiger partial charge in [0.2, 0.25) is 10.9 Å². The maximum atomic E-state index is 12.3. The highest BCUT2D eigenvalue weighted by Gasteiger charge is 2.30. The molecule has 118 valence electrons. The number of furan rings is 1. The SMILES string of the molecule is CCCCCC(NS(=O)(=O)c1ccc(C#N)o1)C(C)(C)C. The van der Waals surface area contributed by atoms with Crippen LogP contribution in [0, 0.1) is 16.7 Å². The van der Waals surface area contributed by atoms with E-state index in [2.05, 4.69) is 11.6 Å². The zero-order valence-electron chi connectivity index (χ0n) is 13.1. The molecule has 0 saturated heterocycles. The molecule has 21 heavy (non-hydrogen) atoms. The highest BCUT2D eigenvalue weighted by Crippen LogP contribution is 2.26. The monoisotopic (exact) mass is 312 g/mol. The van der Waals surface area contributed by atoms with Crippen molar-refractivity contribution in [1.29, 1.82) is 5.26 Å². The number of hydrogen-bond acceptors (Lipinski definition) is 4. The molecule has 1 aromatic rings. The van der Waals surface area contributed by atoms with E-state index in [1.54, 1.807) is 6.07 Å². The second-order valence-electron chi connectivity index (χ2n) is 6.27. The van der Waals surface area contributed by atoms with Crippen molar-refractivity contribution in [3.8, 4) is 6.07 Å². The fraction of sp³-hybridized carbons (Fsp3) is 0.667. The Balaban J connectivity index is 2.88.